The maximum absolute atomic E-state index is 12.6. The molecule has 4 rings (SSSR count). The van der Waals surface area contributed by atoms with E-state index in [1.54, 1.807) is 28.6 Å². The molecule has 0 bridgehead atoms. The third-order valence-corrected chi connectivity index (χ3v) is 6.96. The van der Waals surface area contributed by atoms with E-state index in [4.69, 9.17) is 16.2 Å². The fourth-order valence-electron chi connectivity index (χ4n) is 4.10. The van der Waals surface area contributed by atoms with Gasteiger partial charge in [0.05, 0.1) is 54.7 Å². The van der Waals surface area contributed by atoms with Crippen LogP contribution in [0.4, 0.5) is 5.82 Å². The molecular weight excluding hydrogens is 477 g/mol. The molecule has 9 nitrogen and oxygen atoms in total. The molecule has 0 aromatic carbocycles. The number of halogens is 2. The van der Waals surface area contributed by atoms with Gasteiger partial charge in [-0.15, -0.1) is 36.2 Å². The Hall–Kier alpha value is -1.98. The largest absolute Gasteiger partial charge is 0.469 e. The molecule has 4 N–H and O–H groups in total. The van der Waals surface area contributed by atoms with E-state index in [1.807, 2.05) is 0 Å². The molecule has 2 aliphatic heterocycles. The number of likely N-dealkylation sites (tertiary alicyclic amines) is 1. The van der Waals surface area contributed by atoms with Gasteiger partial charge in [-0.25, -0.2) is 9.97 Å². The zero-order valence-corrected chi connectivity index (χ0v) is 20.1. The summed E-state index contributed by atoms with van der Waals surface area (Å²) in [5, 5.41) is 0. The molecule has 1 amide bonds. The molecule has 0 aliphatic carbocycles. The lowest BCUT2D eigenvalue weighted by molar-refractivity contribution is -0.148. The minimum atomic E-state index is -0.883. The average molecular weight is 504 g/mol. The number of rotatable bonds is 4. The molecule has 1 fully saturated rings. The van der Waals surface area contributed by atoms with Crippen molar-refractivity contribution in [3.63, 3.8) is 0 Å². The summed E-state index contributed by atoms with van der Waals surface area (Å²) in [6.07, 6.45) is 5.34. The molecule has 1 spiro atoms. The van der Waals surface area contributed by atoms with Gasteiger partial charge in [-0.05, 0) is 24.5 Å². The maximum atomic E-state index is 12.6. The van der Waals surface area contributed by atoms with Gasteiger partial charge in [-0.1, -0.05) is 0 Å². The van der Waals surface area contributed by atoms with Crippen LogP contribution in [0.15, 0.2) is 18.5 Å². The van der Waals surface area contributed by atoms with Crippen LogP contribution in [0.25, 0.3) is 10.6 Å². The molecule has 4 heterocycles. The van der Waals surface area contributed by atoms with Crippen molar-refractivity contribution in [3.05, 3.63) is 28.9 Å². The number of esters is 1. The normalized spacial score (nSPS) is 17.5. The van der Waals surface area contributed by atoms with Gasteiger partial charge in [0.1, 0.15) is 5.82 Å². The van der Waals surface area contributed by atoms with E-state index in [-0.39, 0.29) is 37.1 Å². The Morgan fingerprint density at radius 2 is 2.00 bits per heavy atom. The van der Waals surface area contributed by atoms with Crippen molar-refractivity contribution in [2.45, 2.75) is 37.3 Å². The molecular formula is C20H27Cl2N5O4S. The van der Waals surface area contributed by atoms with Crippen molar-refractivity contribution in [3.8, 4) is 10.6 Å². The summed E-state index contributed by atoms with van der Waals surface area (Å²) >= 11 is 1.71. The highest BCUT2D eigenvalue weighted by Gasteiger charge is 2.43. The van der Waals surface area contributed by atoms with E-state index < -0.39 is 17.6 Å². The molecule has 1 saturated heterocycles. The molecule has 176 valence electrons. The zero-order chi connectivity index (χ0) is 21.3. The predicted octanol–water partition coefficient (Wildman–Crippen LogP) is 1.91. The number of hydrogen-bond donors (Lipinski definition) is 2. The summed E-state index contributed by atoms with van der Waals surface area (Å²) in [6.45, 7) is 1.70. The van der Waals surface area contributed by atoms with E-state index >= 15 is 0 Å². The Labute approximate surface area is 202 Å². The third kappa shape index (κ3) is 5.15. The number of amides is 1. The fraction of sp³-hybridized carbons (Fsp3) is 0.500. The molecule has 12 heteroatoms. The van der Waals surface area contributed by atoms with Gasteiger partial charge in [-0.3, -0.25) is 9.59 Å². The SMILES string of the molecule is COC(=O)C[C@H](N)C(=O)N1CCC2(CC1)OCCc1sc(-c3cnc(N)cn3)cc12.Cl.Cl. The standard InChI is InChI=1S/C20H25N5O4S.2ClH/c1-28-18(26)9-13(21)19(27)25-5-3-20(4-6-25)12-8-16(30-15(12)2-7-29-20)14-10-24-17(22)11-23-14;;/h8,10-11,13H,2-7,9,21H2,1H3,(H2,22,24);2*1H/t13-;;/m0../s1. The molecule has 0 unspecified atom stereocenters. The van der Waals surface area contributed by atoms with Crippen LogP contribution in [0.3, 0.4) is 0 Å². The third-order valence-electron chi connectivity index (χ3n) is 5.75. The average Bonchev–Trinajstić information content (AvgIpc) is 3.20. The molecule has 32 heavy (non-hydrogen) atoms. The highest BCUT2D eigenvalue weighted by Crippen LogP contribution is 2.46. The van der Waals surface area contributed by atoms with Crippen LogP contribution in [0, 0.1) is 0 Å². The Bertz CT molecular complexity index is 948. The van der Waals surface area contributed by atoms with Crippen LogP contribution >= 0.6 is 36.2 Å². The van der Waals surface area contributed by atoms with Gasteiger partial charge in [0, 0.05) is 24.4 Å². The van der Waals surface area contributed by atoms with Gasteiger partial charge >= 0.3 is 5.97 Å². The minimum Gasteiger partial charge on any atom is -0.469 e. The number of thiophene rings is 1. The molecule has 2 aromatic heterocycles. The molecule has 0 radical (unpaired) electrons. The molecule has 0 saturated carbocycles. The minimum absolute atomic E-state index is 0. The van der Waals surface area contributed by atoms with E-state index in [9.17, 15) is 9.59 Å². The fourth-order valence-corrected chi connectivity index (χ4v) is 5.29. The lowest BCUT2D eigenvalue weighted by Crippen LogP contribution is -2.52. The monoisotopic (exact) mass is 503 g/mol. The summed E-state index contributed by atoms with van der Waals surface area (Å²) in [5.41, 5.74) is 13.1. The first-order chi connectivity index (χ1) is 14.4. The van der Waals surface area contributed by atoms with Crippen LogP contribution in [-0.4, -0.2) is 59.6 Å². The second-order valence-corrected chi connectivity index (χ2v) is 8.72. The number of aromatic nitrogens is 2. The van der Waals surface area contributed by atoms with Crippen LogP contribution in [0.1, 0.15) is 29.7 Å². The summed E-state index contributed by atoms with van der Waals surface area (Å²) in [5.74, 6) is -0.321. The van der Waals surface area contributed by atoms with Crippen LogP contribution < -0.4 is 11.5 Å². The number of nitrogen functional groups attached to an aromatic ring is 1. The number of carbonyl (C=O) groups excluding carboxylic acids is 2. The van der Waals surface area contributed by atoms with Crippen molar-refractivity contribution < 1.29 is 19.1 Å². The van der Waals surface area contributed by atoms with Crippen molar-refractivity contribution in [2.24, 2.45) is 5.73 Å². The number of methoxy groups -OCH3 is 1. The van der Waals surface area contributed by atoms with Gasteiger partial charge in [0.2, 0.25) is 5.91 Å². The first-order valence-corrected chi connectivity index (χ1v) is 10.7. The Kier molecular flexibility index (Phi) is 8.83. The molecule has 1 atom stereocenters. The number of ether oxygens (including phenoxy) is 2. The number of carbonyl (C=O) groups is 2. The lowest BCUT2D eigenvalue weighted by Gasteiger charge is -2.44. The number of piperidine rings is 1. The first-order valence-electron chi connectivity index (χ1n) is 9.88. The molecule has 2 aliphatic rings. The topological polar surface area (TPSA) is 134 Å². The van der Waals surface area contributed by atoms with Crippen LogP contribution in [-0.2, 0) is 31.1 Å². The van der Waals surface area contributed by atoms with Crippen LogP contribution in [0.5, 0.6) is 0 Å². The quantitative estimate of drug-likeness (QED) is 0.604. The van der Waals surface area contributed by atoms with Crippen molar-refractivity contribution in [1.82, 2.24) is 14.9 Å². The summed E-state index contributed by atoms with van der Waals surface area (Å²) in [6, 6.07) is 1.26. The van der Waals surface area contributed by atoms with E-state index in [0.717, 1.165) is 17.0 Å². The zero-order valence-electron chi connectivity index (χ0n) is 17.6. The number of anilines is 1. The number of fused-ring (bicyclic) bond motifs is 2. The summed E-state index contributed by atoms with van der Waals surface area (Å²) < 4.78 is 10.9. The first kappa shape index (κ1) is 26.3. The Morgan fingerprint density at radius 1 is 1.28 bits per heavy atom. The van der Waals surface area contributed by atoms with Gasteiger partial charge < -0.3 is 25.8 Å². The highest BCUT2D eigenvalue weighted by atomic mass is 35.5. The number of hydrogen-bond acceptors (Lipinski definition) is 9. The van der Waals surface area contributed by atoms with Gasteiger partial charge in [-0.2, -0.15) is 0 Å². The second kappa shape index (κ2) is 10.8. The van der Waals surface area contributed by atoms with Crippen molar-refractivity contribution in [1.29, 1.82) is 0 Å². The van der Waals surface area contributed by atoms with Crippen molar-refractivity contribution in [2.75, 3.05) is 32.5 Å². The number of nitrogens with zero attached hydrogens (tertiary/aromatic N) is 3. The highest BCUT2D eigenvalue weighted by molar-refractivity contribution is 7.15. The maximum Gasteiger partial charge on any atom is 0.307 e. The predicted molar refractivity (Wildman–Crippen MR) is 126 cm³/mol. The second-order valence-electron chi connectivity index (χ2n) is 7.58. The lowest BCUT2D eigenvalue weighted by atomic mass is 9.82. The summed E-state index contributed by atoms with van der Waals surface area (Å²) in [4.78, 5) is 36.6. The summed E-state index contributed by atoms with van der Waals surface area (Å²) in [7, 11) is 1.28. The van der Waals surface area contributed by atoms with Crippen LogP contribution in [0.2, 0.25) is 0 Å². The van der Waals surface area contributed by atoms with E-state index in [1.165, 1.54) is 17.6 Å². The smallest absolute Gasteiger partial charge is 0.307 e. The van der Waals surface area contributed by atoms with Gasteiger partial charge in [0.15, 0.2) is 0 Å². The van der Waals surface area contributed by atoms with E-state index in [0.29, 0.717) is 38.4 Å². The Balaban J connectivity index is 0.00000181. The Morgan fingerprint density at radius 3 is 2.62 bits per heavy atom. The van der Waals surface area contributed by atoms with Gasteiger partial charge in [0.25, 0.3) is 0 Å². The van der Waals surface area contributed by atoms with E-state index in [2.05, 4.69) is 20.8 Å². The van der Waals surface area contributed by atoms with Crippen molar-refractivity contribution >= 4 is 53.8 Å². The molecule has 2 aromatic rings. The number of nitrogens with two attached hydrogens (primary N) is 2.